The molecular weight excluding hydrogens is 444 g/mol. The number of nitrogens with one attached hydrogen (secondary N) is 1. The highest BCUT2D eigenvalue weighted by atomic mass is 32.2. The van der Waals surface area contributed by atoms with Crippen LogP contribution in [0.25, 0.3) is 0 Å². The van der Waals surface area contributed by atoms with E-state index in [1.807, 2.05) is 6.26 Å². The molecule has 0 saturated carbocycles. The molecule has 0 unspecified atom stereocenters. The highest BCUT2D eigenvalue weighted by Crippen LogP contribution is 2.31. The summed E-state index contributed by atoms with van der Waals surface area (Å²) in [5.74, 6) is -2.96. The maximum atomic E-state index is 13.8. The molecule has 1 saturated heterocycles. The number of amides is 2. The average molecular weight is 465 g/mol. The molecule has 1 aromatic carbocycles. The van der Waals surface area contributed by atoms with Crippen LogP contribution in [-0.2, 0) is 17.8 Å². The first-order chi connectivity index (χ1) is 15.3. The molecule has 0 bridgehead atoms. The quantitative estimate of drug-likeness (QED) is 0.674. The van der Waals surface area contributed by atoms with E-state index in [0.29, 0.717) is 12.7 Å². The molecule has 170 valence electrons. The van der Waals surface area contributed by atoms with Crippen LogP contribution in [0.15, 0.2) is 29.2 Å². The van der Waals surface area contributed by atoms with Crippen LogP contribution < -0.4 is 10.7 Å². The number of thioether (sulfide) groups is 1. The van der Waals surface area contributed by atoms with Crippen molar-refractivity contribution in [3.8, 4) is 5.75 Å². The van der Waals surface area contributed by atoms with Gasteiger partial charge in [-0.1, -0.05) is 6.07 Å². The molecule has 0 spiro atoms. The van der Waals surface area contributed by atoms with E-state index in [-0.39, 0.29) is 30.4 Å². The van der Waals surface area contributed by atoms with Gasteiger partial charge < -0.3 is 24.6 Å². The third-order valence-corrected chi connectivity index (χ3v) is 6.23. The number of pyridine rings is 1. The summed E-state index contributed by atoms with van der Waals surface area (Å²) in [6.45, 7) is 0.215. The zero-order valence-electron chi connectivity index (χ0n) is 17.1. The van der Waals surface area contributed by atoms with Crippen LogP contribution in [0, 0.1) is 11.6 Å². The van der Waals surface area contributed by atoms with Crippen molar-refractivity contribution in [1.29, 1.82) is 0 Å². The van der Waals surface area contributed by atoms with Crippen LogP contribution in [-0.4, -0.2) is 57.3 Å². The first kappa shape index (κ1) is 22.3. The Bertz CT molecular complexity index is 1140. The SMILES string of the molecule is CSCC[C@H]1CO[C@@H]2Cn3cc(C(=O)NCc4ccc(F)cc4F)c(=O)c(O)c3C(=O)N12. The Labute approximate surface area is 186 Å². The van der Waals surface area contributed by atoms with Crippen LogP contribution in [0.5, 0.6) is 5.75 Å². The lowest BCUT2D eigenvalue weighted by Gasteiger charge is -2.34. The second kappa shape index (κ2) is 8.91. The number of fused-ring (bicyclic) bond motifs is 2. The van der Waals surface area contributed by atoms with Crippen molar-refractivity contribution >= 4 is 23.6 Å². The Morgan fingerprint density at radius 1 is 1.34 bits per heavy atom. The fourth-order valence-corrected chi connectivity index (χ4v) is 4.45. The van der Waals surface area contributed by atoms with E-state index in [1.54, 1.807) is 16.7 Å². The van der Waals surface area contributed by atoms with Crippen LogP contribution in [0.3, 0.4) is 0 Å². The fraction of sp³-hybridized carbons (Fsp3) is 0.381. The highest BCUT2D eigenvalue weighted by molar-refractivity contribution is 7.98. The fourth-order valence-electron chi connectivity index (χ4n) is 3.94. The molecular formula is C21H21F2N3O5S. The van der Waals surface area contributed by atoms with Gasteiger partial charge in [0.05, 0.1) is 19.2 Å². The molecule has 2 amide bonds. The van der Waals surface area contributed by atoms with E-state index >= 15 is 0 Å². The Hall–Kier alpha value is -2.92. The molecule has 1 fully saturated rings. The van der Waals surface area contributed by atoms with Crippen LogP contribution in [0.2, 0.25) is 0 Å². The topological polar surface area (TPSA) is 101 Å². The molecule has 2 aliphatic rings. The van der Waals surface area contributed by atoms with Crippen molar-refractivity contribution in [3.63, 3.8) is 0 Å². The second-order valence-corrected chi connectivity index (χ2v) is 8.56. The van der Waals surface area contributed by atoms with E-state index in [4.69, 9.17) is 4.74 Å². The summed E-state index contributed by atoms with van der Waals surface area (Å²) in [4.78, 5) is 39.8. The lowest BCUT2D eigenvalue weighted by Crippen LogP contribution is -2.49. The zero-order valence-corrected chi connectivity index (χ0v) is 18.0. The first-order valence-electron chi connectivity index (χ1n) is 9.93. The van der Waals surface area contributed by atoms with Crippen molar-refractivity contribution < 1.29 is 28.2 Å². The van der Waals surface area contributed by atoms with E-state index in [9.17, 15) is 28.3 Å². The molecule has 2 N–H and O–H groups in total. The van der Waals surface area contributed by atoms with Gasteiger partial charge in [0.25, 0.3) is 11.8 Å². The molecule has 0 radical (unpaired) electrons. The van der Waals surface area contributed by atoms with Gasteiger partial charge >= 0.3 is 0 Å². The van der Waals surface area contributed by atoms with E-state index in [2.05, 4.69) is 5.32 Å². The van der Waals surface area contributed by atoms with Crippen molar-refractivity contribution in [2.24, 2.45) is 0 Å². The van der Waals surface area contributed by atoms with Crippen molar-refractivity contribution in [2.45, 2.75) is 31.8 Å². The highest BCUT2D eigenvalue weighted by Gasteiger charge is 2.44. The minimum atomic E-state index is -0.999. The van der Waals surface area contributed by atoms with Crippen molar-refractivity contribution in [3.05, 3.63) is 63.1 Å². The number of hydrogen-bond donors (Lipinski definition) is 2. The van der Waals surface area contributed by atoms with Crippen LogP contribution in [0.1, 0.15) is 32.8 Å². The van der Waals surface area contributed by atoms with E-state index in [0.717, 1.165) is 18.2 Å². The van der Waals surface area contributed by atoms with Crippen LogP contribution >= 0.6 is 11.8 Å². The average Bonchev–Trinajstić information content (AvgIpc) is 3.17. The van der Waals surface area contributed by atoms with Gasteiger partial charge in [0.2, 0.25) is 5.43 Å². The number of benzene rings is 1. The zero-order chi connectivity index (χ0) is 23.0. The van der Waals surface area contributed by atoms with Gasteiger partial charge in [-0.15, -0.1) is 0 Å². The van der Waals surface area contributed by atoms with Gasteiger partial charge in [-0.05, 0) is 24.5 Å². The molecule has 2 aliphatic heterocycles. The molecule has 4 rings (SSSR count). The van der Waals surface area contributed by atoms with Gasteiger partial charge in [0, 0.05) is 24.4 Å². The van der Waals surface area contributed by atoms with Gasteiger partial charge in [-0.2, -0.15) is 11.8 Å². The molecule has 11 heteroatoms. The van der Waals surface area contributed by atoms with Gasteiger partial charge in [-0.25, -0.2) is 8.78 Å². The number of aromatic hydroxyl groups is 1. The number of hydrogen-bond acceptors (Lipinski definition) is 6. The number of carbonyl (C=O) groups excluding carboxylic acids is 2. The van der Waals surface area contributed by atoms with E-state index in [1.165, 1.54) is 16.8 Å². The molecule has 1 aromatic heterocycles. The third-order valence-electron chi connectivity index (χ3n) is 5.59. The predicted octanol–water partition coefficient (Wildman–Crippen LogP) is 1.70. The molecule has 2 atom stereocenters. The Morgan fingerprint density at radius 3 is 2.84 bits per heavy atom. The largest absolute Gasteiger partial charge is 0.503 e. The first-order valence-corrected chi connectivity index (χ1v) is 11.3. The molecule has 0 aliphatic carbocycles. The number of aromatic nitrogens is 1. The van der Waals surface area contributed by atoms with Crippen molar-refractivity contribution in [2.75, 3.05) is 18.6 Å². The maximum Gasteiger partial charge on any atom is 0.276 e. The summed E-state index contributed by atoms with van der Waals surface area (Å²) in [5.41, 5.74) is -1.55. The van der Waals surface area contributed by atoms with Crippen molar-refractivity contribution in [1.82, 2.24) is 14.8 Å². The third kappa shape index (κ3) is 3.97. The lowest BCUT2D eigenvalue weighted by atomic mass is 10.1. The Morgan fingerprint density at radius 2 is 2.12 bits per heavy atom. The maximum absolute atomic E-state index is 13.8. The number of ether oxygens (including phenoxy) is 1. The summed E-state index contributed by atoms with van der Waals surface area (Å²) in [6.07, 6.45) is 3.31. The Kier molecular flexibility index (Phi) is 6.20. The number of rotatable bonds is 6. The molecule has 8 nitrogen and oxygen atoms in total. The molecule has 2 aromatic rings. The summed E-state index contributed by atoms with van der Waals surface area (Å²) < 4.78 is 33.9. The smallest absolute Gasteiger partial charge is 0.276 e. The summed E-state index contributed by atoms with van der Waals surface area (Å²) in [5, 5.41) is 12.9. The molecule has 32 heavy (non-hydrogen) atoms. The number of nitrogens with zero attached hydrogens (tertiary/aromatic N) is 2. The van der Waals surface area contributed by atoms with Gasteiger partial charge in [-0.3, -0.25) is 14.4 Å². The predicted molar refractivity (Wildman–Crippen MR) is 113 cm³/mol. The standard InChI is InChI=1S/C21H21F2N3O5S/c1-32-5-4-13-10-31-16-9-25-8-14(18(27)19(28)17(25)21(30)26(13)16)20(29)24-7-11-2-3-12(22)6-15(11)23/h2-3,6,8,13,16,28H,4-5,7,9-10H2,1H3,(H,24,29)/t13-,16+/m0/s1. The minimum Gasteiger partial charge on any atom is -0.503 e. The number of carbonyl (C=O) groups is 2. The normalized spacial score (nSPS) is 19.6. The summed E-state index contributed by atoms with van der Waals surface area (Å²) in [7, 11) is 0. The van der Waals surface area contributed by atoms with E-state index < -0.39 is 46.4 Å². The summed E-state index contributed by atoms with van der Waals surface area (Å²) >= 11 is 1.65. The van der Waals surface area contributed by atoms with Crippen LogP contribution in [0.4, 0.5) is 8.78 Å². The summed E-state index contributed by atoms with van der Waals surface area (Å²) in [6, 6.07) is 2.76. The number of halogens is 2. The monoisotopic (exact) mass is 465 g/mol. The van der Waals surface area contributed by atoms with Gasteiger partial charge in [0.1, 0.15) is 17.2 Å². The second-order valence-electron chi connectivity index (χ2n) is 7.58. The molecule has 3 heterocycles. The Balaban J connectivity index is 1.58. The lowest BCUT2D eigenvalue weighted by molar-refractivity contribution is 0.00567. The van der Waals surface area contributed by atoms with Gasteiger partial charge in [0.15, 0.2) is 17.7 Å². The minimum absolute atomic E-state index is 0.0310.